The van der Waals surface area contributed by atoms with Gasteiger partial charge in [0.25, 0.3) is 0 Å². The molecule has 1 aromatic carbocycles. The molecule has 0 amide bonds. The van der Waals surface area contributed by atoms with E-state index in [1.54, 1.807) is 7.11 Å². The first-order valence-corrected chi connectivity index (χ1v) is 7.21. The molecule has 3 rings (SSSR count). The predicted molar refractivity (Wildman–Crippen MR) is 81.0 cm³/mol. The molecule has 20 heavy (non-hydrogen) atoms. The Kier molecular flexibility index (Phi) is 3.53. The molecule has 0 saturated carbocycles. The molecule has 0 spiro atoms. The summed E-state index contributed by atoms with van der Waals surface area (Å²) in [6.45, 7) is 7.51. The number of benzene rings is 1. The van der Waals surface area contributed by atoms with Crippen molar-refractivity contribution < 1.29 is 4.74 Å². The van der Waals surface area contributed by atoms with E-state index in [1.165, 1.54) is 16.8 Å². The van der Waals surface area contributed by atoms with Crippen molar-refractivity contribution in [3.8, 4) is 5.75 Å². The van der Waals surface area contributed by atoms with Gasteiger partial charge in [-0.3, -0.25) is 4.90 Å². The number of aromatic nitrogens is 1. The summed E-state index contributed by atoms with van der Waals surface area (Å²) in [5, 5.41) is 0. The molecule has 1 aliphatic heterocycles. The van der Waals surface area contributed by atoms with E-state index in [0.717, 1.165) is 25.4 Å². The summed E-state index contributed by atoms with van der Waals surface area (Å²) < 4.78 is 7.86. The van der Waals surface area contributed by atoms with E-state index >= 15 is 0 Å². The minimum Gasteiger partial charge on any atom is -0.496 e. The van der Waals surface area contributed by atoms with Crippen LogP contribution in [0.2, 0.25) is 0 Å². The summed E-state index contributed by atoms with van der Waals surface area (Å²) in [6, 6.07) is 11.2. The molecule has 1 unspecified atom stereocenters. The van der Waals surface area contributed by atoms with Crippen LogP contribution in [0, 0.1) is 6.92 Å². The summed E-state index contributed by atoms with van der Waals surface area (Å²) in [6.07, 6.45) is 2.18. The summed E-state index contributed by atoms with van der Waals surface area (Å²) in [5.74, 6) is 0.990. The number of ether oxygens (including phenoxy) is 1. The average molecular weight is 270 g/mol. The van der Waals surface area contributed by atoms with E-state index in [9.17, 15) is 0 Å². The maximum atomic E-state index is 5.50. The van der Waals surface area contributed by atoms with Crippen LogP contribution in [0.5, 0.6) is 5.75 Å². The zero-order chi connectivity index (χ0) is 14.1. The number of aryl methyl sites for hydroxylation is 1. The van der Waals surface area contributed by atoms with Gasteiger partial charge in [-0.15, -0.1) is 0 Å². The molecule has 2 aromatic rings. The maximum Gasteiger partial charge on any atom is 0.123 e. The summed E-state index contributed by atoms with van der Waals surface area (Å²) >= 11 is 0. The second-order valence-electron chi connectivity index (χ2n) is 5.59. The molecular weight excluding hydrogens is 248 g/mol. The van der Waals surface area contributed by atoms with Crippen molar-refractivity contribution >= 4 is 0 Å². The molecule has 2 heterocycles. The Morgan fingerprint density at radius 1 is 1.25 bits per heavy atom. The number of hydrogen-bond donors (Lipinski definition) is 0. The molecule has 0 fully saturated rings. The zero-order valence-corrected chi connectivity index (χ0v) is 12.5. The highest BCUT2D eigenvalue weighted by Crippen LogP contribution is 2.29. The van der Waals surface area contributed by atoms with Crippen LogP contribution in [-0.4, -0.2) is 23.1 Å². The lowest BCUT2D eigenvalue weighted by molar-refractivity contribution is 0.159. The van der Waals surface area contributed by atoms with Gasteiger partial charge in [-0.1, -0.05) is 17.7 Å². The molecule has 106 valence electrons. The average Bonchev–Trinajstić information content (AvgIpc) is 2.91. The van der Waals surface area contributed by atoms with Crippen molar-refractivity contribution in [3.63, 3.8) is 0 Å². The molecule has 3 nitrogen and oxygen atoms in total. The highest BCUT2D eigenvalue weighted by Gasteiger charge is 2.24. The smallest absolute Gasteiger partial charge is 0.123 e. The van der Waals surface area contributed by atoms with Crippen LogP contribution < -0.4 is 4.74 Å². The Labute approximate surface area is 120 Å². The fourth-order valence-electron chi connectivity index (χ4n) is 3.09. The Balaban J connectivity index is 1.84. The topological polar surface area (TPSA) is 17.4 Å². The first kappa shape index (κ1) is 13.3. The molecule has 1 atom stereocenters. The lowest BCUT2D eigenvalue weighted by Crippen LogP contribution is -2.35. The fraction of sp³-hybridized carbons (Fsp3) is 0.412. The lowest BCUT2D eigenvalue weighted by Gasteiger charge is -2.35. The molecule has 0 bridgehead atoms. The first-order chi connectivity index (χ1) is 9.69. The van der Waals surface area contributed by atoms with Crippen molar-refractivity contribution in [2.45, 2.75) is 33.0 Å². The molecule has 1 aromatic heterocycles. The lowest BCUT2D eigenvalue weighted by atomic mass is 10.1. The Morgan fingerprint density at radius 3 is 2.90 bits per heavy atom. The molecule has 0 radical (unpaired) electrons. The van der Waals surface area contributed by atoms with Crippen molar-refractivity contribution in [2.75, 3.05) is 13.7 Å². The van der Waals surface area contributed by atoms with Gasteiger partial charge in [0.2, 0.25) is 0 Å². The summed E-state index contributed by atoms with van der Waals surface area (Å²) in [7, 11) is 1.75. The Hall–Kier alpha value is -1.74. The molecular formula is C17H22N2O. The largest absolute Gasteiger partial charge is 0.496 e. The van der Waals surface area contributed by atoms with E-state index in [1.807, 2.05) is 0 Å². The second-order valence-corrected chi connectivity index (χ2v) is 5.59. The minimum absolute atomic E-state index is 0.448. The second kappa shape index (κ2) is 5.33. The SMILES string of the molecule is COc1ccc(C)cc1CN1CCn2cccc2C1C. The maximum absolute atomic E-state index is 5.50. The van der Waals surface area contributed by atoms with Crippen molar-refractivity contribution in [1.82, 2.24) is 9.47 Å². The molecule has 0 saturated heterocycles. The third-order valence-electron chi connectivity index (χ3n) is 4.28. The third kappa shape index (κ3) is 2.34. The van der Waals surface area contributed by atoms with Crippen LogP contribution in [0.4, 0.5) is 0 Å². The standard InChI is InChI=1S/C17H22N2O/c1-13-6-7-17(20-3)15(11-13)12-19-10-9-18-8-4-5-16(18)14(19)2/h4-8,11,14H,9-10,12H2,1-3H3. The van der Waals surface area contributed by atoms with Gasteiger partial charge >= 0.3 is 0 Å². The van der Waals surface area contributed by atoms with Crippen LogP contribution in [0.3, 0.4) is 0 Å². The van der Waals surface area contributed by atoms with E-state index in [0.29, 0.717) is 6.04 Å². The third-order valence-corrected chi connectivity index (χ3v) is 4.28. The van der Waals surface area contributed by atoms with Gasteiger partial charge in [-0.05, 0) is 32.0 Å². The van der Waals surface area contributed by atoms with E-state index in [4.69, 9.17) is 4.74 Å². The summed E-state index contributed by atoms with van der Waals surface area (Å²) in [5.41, 5.74) is 3.97. The van der Waals surface area contributed by atoms with Gasteiger partial charge in [-0.2, -0.15) is 0 Å². The fourth-order valence-corrected chi connectivity index (χ4v) is 3.09. The number of fused-ring (bicyclic) bond motifs is 1. The van der Waals surface area contributed by atoms with E-state index < -0.39 is 0 Å². The summed E-state index contributed by atoms with van der Waals surface area (Å²) in [4.78, 5) is 2.52. The van der Waals surface area contributed by atoms with Crippen molar-refractivity contribution in [2.24, 2.45) is 0 Å². The zero-order valence-electron chi connectivity index (χ0n) is 12.5. The minimum atomic E-state index is 0.448. The van der Waals surface area contributed by atoms with Crippen LogP contribution in [0.15, 0.2) is 36.5 Å². The molecule has 3 heteroatoms. The number of rotatable bonds is 3. The Bertz CT molecular complexity index is 603. The van der Waals surface area contributed by atoms with Gasteiger partial charge < -0.3 is 9.30 Å². The molecule has 0 aliphatic carbocycles. The number of methoxy groups -OCH3 is 1. The molecule has 1 aliphatic rings. The van der Waals surface area contributed by atoms with Crippen LogP contribution in [-0.2, 0) is 13.1 Å². The normalized spacial score (nSPS) is 18.9. The Morgan fingerprint density at radius 2 is 2.10 bits per heavy atom. The monoisotopic (exact) mass is 270 g/mol. The van der Waals surface area contributed by atoms with Crippen LogP contribution in [0.1, 0.15) is 29.8 Å². The van der Waals surface area contributed by atoms with Crippen molar-refractivity contribution in [1.29, 1.82) is 0 Å². The van der Waals surface area contributed by atoms with Gasteiger partial charge in [-0.25, -0.2) is 0 Å². The van der Waals surface area contributed by atoms with Gasteiger partial charge in [0, 0.05) is 43.1 Å². The number of nitrogens with zero attached hydrogens (tertiary/aromatic N) is 2. The molecule has 0 N–H and O–H groups in total. The van der Waals surface area contributed by atoms with Crippen molar-refractivity contribution in [3.05, 3.63) is 53.3 Å². The predicted octanol–water partition coefficient (Wildman–Crippen LogP) is 3.38. The van der Waals surface area contributed by atoms with Gasteiger partial charge in [0.05, 0.1) is 7.11 Å². The number of hydrogen-bond acceptors (Lipinski definition) is 2. The van der Waals surface area contributed by atoms with Gasteiger partial charge in [0.15, 0.2) is 0 Å². The van der Waals surface area contributed by atoms with E-state index in [-0.39, 0.29) is 0 Å². The highest BCUT2D eigenvalue weighted by atomic mass is 16.5. The van der Waals surface area contributed by atoms with Crippen LogP contribution >= 0.6 is 0 Å². The van der Waals surface area contributed by atoms with Gasteiger partial charge in [0.1, 0.15) is 5.75 Å². The quantitative estimate of drug-likeness (QED) is 0.850. The van der Waals surface area contributed by atoms with E-state index in [2.05, 4.69) is 59.8 Å². The first-order valence-electron chi connectivity index (χ1n) is 7.21. The van der Waals surface area contributed by atoms with Crippen LogP contribution in [0.25, 0.3) is 0 Å². The highest BCUT2D eigenvalue weighted by molar-refractivity contribution is 5.37.